The maximum Gasteiger partial charge on any atom is 0.159 e. The summed E-state index contributed by atoms with van der Waals surface area (Å²) in [6.07, 6.45) is 5.23. The van der Waals surface area contributed by atoms with Crippen LogP contribution in [0.4, 0.5) is 23.0 Å². The van der Waals surface area contributed by atoms with E-state index in [1.807, 2.05) is 25.1 Å². The number of hydrogen-bond acceptors (Lipinski definition) is 6. The molecule has 0 amide bonds. The number of nitrogen functional groups attached to an aromatic ring is 1. The third-order valence-corrected chi connectivity index (χ3v) is 6.66. The van der Waals surface area contributed by atoms with Crippen LogP contribution in [0.25, 0.3) is 10.9 Å². The van der Waals surface area contributed by atoms with E-state index in [1.54, 1.807) is 6.33 Å². The molecule has 2 bridgehead atoms. The van der Waals surface area contributed by atoms with Crippen molar-refractivity contribution in [3.63, 3.8) is 0 Å². The molecule has 5 rings (SSSR count). The van der Waals surface area contributed by atoms with Gasteiger partial charge < -0.3 is 16.0 Å². The Morgan fingerprint density at radius 1 is 1.10 bits per heavy atom. The molecule has 1 aliphatic heterocycles. The molecule has 30 heavy (non-hydrogen) atoms. The zero-order valence-corrected chi connectivity index (χ0v) is 18.2. The molecule has 6 nitrogen and oxygen atoms in total. The topological polar surface area (TPSA) is 80.0 Å². The monoisotopic (exact) mass is 402 g/mol. The summed E-state index contributed by atoms with van der Waals surface area (Å²) in [7, 11) is 0. The molecule has 1 aromatic carbocycles. The normalized spacial score (nSPS) is 24.9. The van der Waals surface area contributed by atoms with Crippen molar-refractivity contribution in [2.45, 2.75) is 53.0 Å². The van der Waals surface area contributed by atoms with Crippen LogP contribution in [-0.2, 0) is 0 Å². The molecule has 1 saturated carbocycles. The summed E-state index contributed by atoms with van der Waals surface area (Å²) in [6.45, 7) is 10.2. The molecular weight excluding hydrogens is 372 g/mol. The SMILES string of the molecule is Cc1ccc2cccc(Nc3ncnc(N4CC5(C)CC4CC(C)(C)C5)c3N)c2n1. The number of pyridine rings is 1. The first-order valence-corrected chi connectivity index (χ1v) is 10.7. The minimum Gasteiger partial charge on any atom is -0.393 e. The van der Waals surface area contributed by atoms with Gasteiger partial charge in [-0.2, -0.15) is 0 Å². The van der Waals surface area contributed by atoms with Crippen LogP contribution in [0.15, 0.2) is 36.7 Å². The van der Waals surface area contributed by atoms with Gasteiger partial charge in [0.25, 0.3) is 0 Å². The largest absolute Gasteiger partial charge is 0.393 e. The standard InChI is InChI=1S/C24H30N6/c1-15-8-9-16-6-5-7-18(20(16)28-15)29-21-19(25)22(27-14-26-21)30-13-24(4)11-17(30)10-23(2,3)12-24/h5-9,14,17H,10-13,25H2,1-4H3,(H,26,27,29). The number of fused-ring (bicyclic) bond motifs is 3. The maximum atomic E-state index is 6.63. The van der Waals surface area contributed by atoms with Gasteiger partial charge in [-0.05, 0) is 49.1 Å². The highest BCUT2D eigenvalue weighted by atomic mass is 15.3. The summed E-state index contributed by atoms with van der Waals surface area (Å²) in [4.78, 5) is 16.2. The summed E-state index contributed by atoms with van der Waals surface area (Å²) >= 11 is 0. The molecule has 0 spiro atoms. The lowest BCUT2D eigenvalue weighted by Gasteiger charge is -2.39. The molecule has 3 aromatic rings. The van der Waals surface area contributed by atoms with Gasteiger partial charge in [-0.25, -0.2) is 9.97 Å². The fourth-order valence-corrected chi connectivity index (χ4v) is 5.90. The highest BCUT2D eigenvalue weighted by Gasteiger charge is 2.50. The lowest BCUT2D eigenvalue weighted by molar-refractivity contribution is 0.136. The Balaban J connectivity index is 1.50. The number of nitrogens with one attached hydrogen (secondary N) is 1. The van der Waals surface area contributed by atoms with Crippen LogP contribution in [0, 0.1) is 17.8 Å². The number of aromatic nitrogens is 3. The number of aryl methyl sites for hydroxylation is 1. The summed E-state index contributed by atoms with van der Waals surface area (Å²) in [5.41, 5.74) is 10.7. The van der Waals surface area contributed by atoms with Crippen molar-refractivity contribution in [1.82, 2.24) is 15.0 Å². The number of anilines is 4. The second-order valence-corrected chi connectivity index (χ2v) is 10.3. The van der Waals surface area contributed by atoms with Crippen molar-refractivity contribution in [3.05, 3.63) is 42.4 Å². The van der Waals surface area contributed by atoms with Gasteiger partial charge in [-0.3, -0.25) is 4.98 Å². The van der Waals surface area contributed by atoms with E-state index in [9.17, 15) is 0 Å². The molecule has 0 radical (unpaired) electrons. The Kier molecular flexibility index (Phi) is 4.17. The average molecular weight is 403 g/mol. The van der Waals surface area contributed by atoms with E-state index in [-0.39, 0.29) is 0 Å². The zero-order chi connectivity index (χ0) is 21.1. The van der Waals surface area contributed by atoms with E-state index < -0.39 is 0 Å². The van der Waals surface area contributed by atoms with E-state index in [0.717, 1.165) is 34.6 Å². The van der Waals surface area contributed by atoms with Crippen molar-refractivity contribution in [2.24, 2.45) is 10.8 Å². The van der Waals surface area contributed by atoms with Crippen LogP contribution >= 0.6 is 0 Å². The van der Waals surface area contributed by atoms with E-state index in [4.69, 9.17) is 10.7 Å². The lowest BCUT2D eigenvalue weighted by Crippen LogP contribution is -2.35. The molecular formula is C24H30N6. The highest BCUT2D eigenvalue weighted by molar-refractivity contribution is 5.93. The fraction of sp³-hybridized carbons (Fsp3) is 0.458. The first-order valence-electron chi connectivity index (χ1n) is 10.7. The van der Waals surface area contributed by atoms with Crippen LogP contribution in [0.2, 0.25) is 0 Å². The second kappa shape index (κ2) is 6.56. The van der Waals surface area contributed by atoms with Gasteiger partial charge in [0.15, 0.2) is 11.6 Å². The van der Waals surface area contributed by atoms with Crippen molar-refractivity contribution < 1.29 is 0 Å². The second-order valence-electron chi connectivity index (χ2n) is 10.3. The molecule has 2 aromatic heterocycles. The minimum absolute atomic E-state index is 0.314. The number of rotatable bonds is 3. The number of nitrogens with two attached hydrogens (primary N) is 1. The third kappa shape index (κ3) is 3.24. The van der Waals surface area contributed by atoms with Gasteiger partial charge in [-0.15, -0.1) is 0 Å². The first-order chi connectivity index (χ1) is 14.2. The number of benzene rings is 1. The Labute approximate surface area is 177 Å². The molecule has 1 aliphatic carbocycles. The molecule has 6 heteroatoms. The first kappa shape index (κ1) is 19.1. The molecule has 2 aliphatic rings. The summed E-state index contributed by atoms with van der Waals surface area (Å²) < 4.78 is 0. The van der Waals surface area contributed by atoms with Gasteiger partial charge >= 0.3 is 0 Å². The maximum absolute atomic E-state index is 6.63. The zero-order valence-electron chi connectivity index (χ0n) is 18.2. The van der Waals surface area contributed by atoms with Crippen molar-refractivity contribution in [2.75, 3.05) is 22.5 Å². The van der Waals surface area contributed by atoms with Gasteiger partial charge in [0.1, 0.15) is 12.0 Å². The molecule has 1 saturated heterocycles. The van der Waals surface area contributed by atoms with E-state index in [0.29, 0.717) is 28.4 Å². The van der Waals surface area contributed by atoms with E-state index in [2.05, 4.69) is 53.1 Å². The molecule has 2 atom stereocenters. The number of para-hydroxylation sites is 1. The van der Waals surface area contributed by atoms with Crippen LogP contribution < -0.4 is 16.0 Å². The smallest absolute Gasteiger partial charge is 0.159 e. The van der Waals surface area contributed by atoms with Crippen molar-refractivity contribution in [3.8, 4) is 0 Å². The Morgan fingerprint density at radius 2 is 1.93 bits per heavy atom. The minimum atomic E-state index is 0.314. The predicted octanol–water partition coefficient (Wildman–Crippen LogP) is 5.06. The quantitative estimate of drug-likeness (QED) is 0.637. The summed E-state index contributed by atoms with van der Waals surface area (Å²) in [5.74, 6) is 1.49. The highest BCUT2D eigenvalue weighted by Crippen LogP contribution is 2.54. The molecule has 3 heterocycles. The third-order valence-electron chi connectivity index (χ3n) is 6.66. The summed E-state index contributed by atoms with van der Waals surface area (Å²) in [5, 5.41) is 4.51. The molecule has 3 N–H and O–H groups in total. The molecule has 2 fully saturated rings. The van der Waals surface area contributed by atoms with Gasteiger partial charge in [0.2, 0.25) is 0 Å². The van der Waals surface area contributed by atoms with Crippen molar-refractivity contribution in [1.29, 1.82) is 0 Å². The average Bonchev–Trinajstić information content (AvgIpc) is 2.92. The Morgan fingerprint density at radius 3 is 2.77 bits per heavy atom. The van der Waals surface area contributed by atoms with Gasteiger partial charge in [0.05, 0.1) is 11.2 Å². The fourth-order valence-electron chi connectivity index (χ4n) is 5.90. The molecule has 2 unspecified atom stereocenters. The summed E-state index contributed by atoms with van der Waals surface area (Å²) in [6, 6.07) is 10.7. The Hall–Kier alpha value is -2.89. The lowest BCUT2D eigenvalue weighted by atomic mass is 9.65. The van der Waals surface area contributed by atoms with E-state index in [1.165, 1.54) is 19.3 Å². The van der Waals surface area contributed by atoms with Crippen molar-refractivity contribution >= 4 is 33.9 Å². The predicted molar refractivity (Wildman–Crippen MR) is 123 cm³/mol. The van der Waals surface area contributed by atoms with E-state index >= 15 is 0 Å². The molecule has 156 valence electrons. The van der Waals surface area contributed by atoms with Gasteiger partial charge in [-0.1, -0.05) is 39.0 Å². The van der Waals surface area contributed by atoms with Crippen LogP contribution in [0.5, 0.6) is 0 Å². The van der Waals surface area contributed by atoms with Crippen LogP contribution in [-0.4, -0.2) is 27.5 Å². The van der Waals surface area contributed by atoms with Crippen LogP contribution in [0.3, 0.4) is 0 Å². The number of hydrogen-bond donors (Lipinski definition) is 2. The Bertz CT molecular complexity index is 1120. The van der Waals surface area contributed by atoms with Crippen LogP contribution in [0.1, 0.15) is 45.7 Å². The van der Waals surface area contributed by atoms with Gasteiger partial charge in [0, 0.05) is 23.7 Å². The number of nitrogens with zero attached hydrogens (tertiary/aromatic N) is 4.